The Morgan fingerprint density at radius 3 is 2.16 bits per heavy atom. The first kappa shape index (κ1) is 32.2. The van der Waals surface area contributed by atoms with E-state index in [1.54, 1.807) is 0 Å². The number of carbonyl (C=O) groups excluding carboxylic acids is 3. The van der Waals surface area contributed by atoms with Crippen LogP contribution in [0, 0.1) is 11.3 Å². The third-order valence-electron chi connectivity index (χ3n) is 6.66. The second-order valence-electron chi connectivity index (χ2n) is 9.44. The molecule has 228 valence electrons. The third-order valence-corrected chi connectivity index (χ3v) is 7.43. The molecule has 3 amide bonds. The Balaban J connectivity index is 1.79. The molecule has 0 bridgehead atoms. The number of halogens is 6. The van der Waals surface area contributed by atoms with Gasteiger partial charge < -0.3 is 14.3 Å². The summed E-state index contributed by atoms with van der Waals surface area (Å²) in [6.07, 6.45) is -7.93. The van der Waals surface area contributed by atoms with Crippen molar-refractivity contribution in [3.05, 3.63) is 62.6 Å². The second kappa shape index (κ2) is 12.1. The number of amides is 3. The standard InChI is InChI=1S/C27H22Cl3F3N4O6/c1-3-41-23(39)36(21-13-26(43-35-21,27(31,32)33)15-9-16(28)11-17(29)10-15)18-5-6-20(30)19(12-18)22(38)37(24(40)42-4-2)25(14-34)7-8-25/h5-6,9-12H,3-4,7-8,13H2,1-2H3. The van der Waals surface area contributed by atoms with E-state index in [1.807, 2.05) is 6.07 Å². The summed E-state index contributed by atoms with van der Waals surface area (Å²) in [6.45, 7) is 2.73. The van der Waals surface area contributed by atoms with Crippen LogP contribution in [-0.4, -0.2) is 53.8 Å². The molecule has 1 unspecified atom stereocenters. The Labute approximate surface area is 258 Å². The number of imide groups is 1. The third kappa shape index (κ3) is 6.04. The highest BCUT2D eigenvalue weighted by molar-refractivity contribution is 6.35. The number of anilines is 1. The summed E-state index contributed by atoms with van der Waals surface area (Å²) in [5, 5.41) is 12.9. The molecule has 2 aromatic rings. The van der Waals surface area contributed by atoms with Crippen molar-refractivity contribution in [3.8, 4) is 6.07 Å². The summed E-state index contributed by atoms with van der Waals surface area (Å²) in [6, 6.07) is 8.69. The zero-order valence-electron chi connectivity index (χ0n) is 22.5. The van der Waals surface area contributed by atoms with Gasteiger partial charge in [-0.1, -0.05) is 40.0 Å². The maximum atomic E-state index is 14.6. The van der Waals surface area contributed by atoms with E-state index in [2.05, 4.69) is 5.16 Å². The first-order chi connectivity index (χ1) is 20.2. The lowest BCUT2D eigenvalue weighted by Gasteiger charge is -2.30. The van der Waals surface area contributed by atoms with E-state index >= 15 is 0 Å². The van der Waals surface area contributed by atoms with E-state index in [4.69, 9.17) is 49.1 Å². The monoisotopic (exact) mass is 660 g/mol. The number of amidine groups is 1. The van der Waals surface area contributed by atoms with Crippen LogP contribution in [0.4, 0.5) is 28.4 Å². The Kier molecular flexibility index (Phi) is 9.06. The zero-order valence-corrected chi connectivity index (χ0v) is 24.8. The van der Waals surface area contributed by atoms with Gasteiger partial charge in [-0.15, -0.1) is 0 Å². The molecule has 0 spiro atoms. The Bertz CT molecular complexity index is 1520. The van der Waals surface area contributed by atoms with E-state index in [0.717, 1.165) is 18.2 Å². The van der Waals surface area contributed by atoms with Gasteiger partial charge in [0.15, 0.2) is 5.84 Å². The second-order valence-corrected chi connectivity index (χ2v) is 10.7. The zero-order chi connectivity index (χ0) is 31.7. The molecule has 2 aliphatic rings. The molecular weight excluding hydrogens is 640 g/mol. The fourth-order valence-electron chi connectivity index (χ4n) is 4.42. The molecule has 4 rings (SSSR count). The number of oxime groups is 1. The number of carbonyl (C=O) groups is 3. The number of alkyl halides is 3. The minimum Gasteiger partial charge on any atom is -0.449 e. The predicted molar refractivity (Wildman–Crippen MR) is 149 cm³/mol. The van der Waals surface area contributed by atoms with Gasteiger partial charge in [-0.2, -0.15) is 18.4 Å². The van der Waals surface area contributed by atoms with Crippen LogP contribution in [0.1, 0.15) is 49.0 Å². The van der Waals surface area contributed by atoms with Crippen LogP contribution in [0.2, 0.25) is 15.1 Å². The maximum absolute atomic E-state index is 14.6. The van der Waals surface area contributed by atoms with Crippen molar-refractivity contribution < 1.29 is 41.9 Å². The van der Waals surface area contributed by atoms with Gasteiger partial charge in [0.05, 0.1) is 42.0 Å². The molecule has 0 N–H and O–H groups in total. The summed E-state index contributed by atoms with van der Waals surface area (Å²) in [4.78, 5) is 45.8. The molecule has 1 aliphatic heterocycles. The number of hydrogen-bond donors (Lipinski definition) is 0. The normalized spacial score (nSPS) is 18.5. The van der Waals surface area contributed by atoms with Crippen LogP contribution in [-0.2, 0) is 19.9 Å². The lowest BCUT2D eigenvalue weighted by Crippen LogP contribution is -2.46. The van der Waals surface area contributed by atoms with Gasteiger partial charge in [0, 0.05) is 15.6 Å². The first-order valence-corrected chi connectivity index (χ1v) is 13.8. The number of nitriles is 1. The van der Waals surface area contributed by atoms with E-state index in [1.165, 1.54) is 32.0 Å². The van der Waals surface area contributed by atoms with Gasteiger partial charge in [-0.05, 0) is 63.1 Å². The van der Waals surface area contributed by atoms with Gasteiger partial charge >= 0.3 is 18.4 Å². The molecule has 0 aromatic heterocycles. The first-order valence-electron chi connectivity index (χ1n) is 12.7. The van der Waals surface area contributed by atoms with Crippen molar-refractivity contribution in [2.75, 3.05) is 18.1 Å². The lowest BCUT2D eigenvalue weighted by atomic mass is 9.89. The van der Waals surface area contributed by atoms with Gasteiger partial charge in [0.1, 0.15) is 5.54 Å². The minimum absolute atomic E-state index is 0.0901. The van der Waals surface area contributed by atoms with E-state index < -0.39 is 53.2 Å². The molecule has 1 saturated carbocycles. The number of nitrogens with zero attached hydrogens (tertiary/aromatic N) is 4. The molecule has 0 saturated heterocycles. The quantitative estimate of drug-likeness (QED) is 0.315. The van der Waals surface area contributed by atoms with Crippen molar-refractivity contribution in [2.45, 2.75) is 50.4 Å². The summed E-state index contributed by atoms with van der Waals surface area (Å²) in [7, 11) is 0. The summed E-state index contributed by atoms with van der Waals surface area (Å²) >= 11 is 18.3. The highest BCUT2D eigenvalue weighted by Crippen LogP contribution is 2.50. The number of benzene rings is 2. The Hall–Kier alpha value is -3.73. The van der Waals surface area contributed by atoms with E-state index in [-0.39, 0.29) is 52.4 Å². The summed E-state index contributed by atoms with van der Waals surface area (Å²) < 4.78 is 53.9. The van der Waals surface area contributed by atoms with Crippen molar-refractivity contribution >= 4 is 64.4 Å². The molecule has 43 heavy (non-hydrogen) atoms. The van der Waals surface area contributed by atoms with Crippen LogP contribution in [0.5, 0.6) is 0 Å². The largest absolute Gasteiger partial charge is 0.449 e. The van der Waals surface area contributed by atoms with Gasteiger partial charge in [-0.3, -0.25) is 4.79 Å². The molecule has 0 radical (unpaired) electrons. The number of hydrogen-bond acceptors (Lipinski definition) is 8. The van der Waals surface area contributed by atoms with Crippen molar-refractivity contribution in [1.82, 2.24) is 4.90 Å². The van der Waals surface area contributed by atoms with Crippen molar-refractivity contribution in [1.29, 1.82) is 5.26 Å². The fraction of sp³-hybridized carbons (Fsp3) is 0.370. The van der Waals surface area contributed by atoms with Crippen molar-refractivity contribution in [2.24, 2.45) is 5.16 Å². The van der Waals surface area contributed by atoms with E-state index in [9.17, 15) is 32.8 Å². The van der Waals surface area contributed by atoms with Gasteiger partial charge in [0.25, 0.3) is 11.5 Å². The maximum Gasteiger partial charge on any atom is 0.435 e. The average molecular weight is 662 g/mol. The highest BCUT2D eigenvalue weighted by Gasteiger charge is 2.63. The smallest absolute Gasteiger partial charge is 0.435 e. The van der Waals surface area contributed by atoms with E-state index in [0.29, 0.717) is 9.80 Å². The fourth-order valence-corrected chi connectivity index (χ4v) is 5.15. The molecule has 1 aliphatic carbocycles. The average Bonchev–Trinajstić information content (AvgIpc) is 3.57. The lowest BCUT2D eigenvalue weighted by molar-refractivity contribution is -0.275. The molecule has 1 heterocycles. The van der Waals surface area contributed by atoms with Crippen molar-refractivity contribution in [3.63, 3.8) is 0 Å². The highest BCUT2D eigenvalue weighted by atomic mass is 35.5. The molecule has 2 aromatic carbocycles. The minimum atomic E-state index is -5.07. The Morgan fingerprint density at radius 1 is 1.02 bits per heavy atom. The summed E-state index contributed by atoms with van der Waals surface area (Å²) in [5.74, 6) is -1.55. The van der Waals surface area contributed by atoms with Crippen LogP contribution in [0.15, 0.2) is 41.6 Å². The van der Waals surface area contributed by atoms with Crippen LogP contribution in [0.25, 0.3) is 0 Å². The SMILES string of the molecule is CCOC(=O)N(C1=NOC(c2cc(Cl)cc(Cl)c2)(C(F)(F)F)C1)c1ccc(Cl)c(C(=O)N(C(=O)OCC)C2(C#N)CC2)c1. The molecule has 16 heteroatoms. The molecular formula is C27H22Cl3F3N4O6. The number of rotatable bonds is 6. The van der Waals surface area contributed by atoms with Gasteiger partial charge in [0.2, 0.25) is 0 Å². The molecule has 10 nitrogen and oxygen atoms in total. The Morgan fingerprint density at radius 2 is 1.63 bits per heavy atom. The molecule has 1 fully saturated rings. The van der Waals surface area contributed by atoms with Crippen LogP contribution in [0.3, 0.4) is 0 Å². The van der Waals surface area contributed by atoms with Crippen LogP contribution < -0.4 is 4.90 Å². The topological polar surface area (TPSA) is 122 Å². The predicted octanol–water partition coefficient (Wildman–Crippen LogP) is 7.46. The number of ether oxygens (including phenoxy) is 2. The molecule has 1 atom stereocenters. The summed E-state index contributed by atoms with van der Waals surface area (Å²) in [5.41, 5.74) is -5.55. The van der Waals surface area contributed by atoms with Crippen LogP contribution >= 0.6 is 34.8 Å². The van der Waals surface area contributed by atoms with Gasteiger partial charge in [-0.25, -0.2) is 19.4 Å².